The Kier molecular flexibility index (Phi) is 7.24. The number of carboxylic acid groups (broad SMARTS) is 1. The number of aromatic carboxylic acids is 1. The van der Waals surface area contributed by atoms with Gasteiger partial charge in [-0.05, 0) is 38.1 Å². The van der Waals surface area contributed by atoms with Gasteiger partial charge in [0.2, 0.25) is 5.91 Å². The number of amides is 3. The molecule has 1 aliphatic rings. The van der Waals surface area contributed by atoms with E-state index in [4.69, 9.17) is 4.74 Å². The first-order chi connectivity index (χ1) is 15.8. The molecule has 1 aliphatic heterocycles. The standard InChI is InChI=1S/C22H21N5O6/c1-3-33-17-11-7-6-10-16(17)23-18(28)12-19(29)27-21(30)20(13(2)26-27)25-24-15-9-5-4-8-14(15)22(31)32/h4-11,20H,3,12H2,1-2H3,(H,23,28)(H,31,32)/b25-24+. The third kappa shape index (κ3) is 5.45. The van der Waals surface area contributed by atoms with Gasteiger partial charge in [0.05, 0.1) is 29.3 Å². The number of ether oxygens (including phenoxy) is 1. The average Bonchev–Trinajstić information content (AvgIpc) is 3.07. The molecule has 2 aromatic rings. The molecule has 3 amide bonds. The number of carbonyl (C=O) groups excluding carboxylic acids is 3. The lowest BCUT2D eigenvalue weighted by Gasteiger charge is -2.13. The Balaban J connectivity index is 1.67. The van der Waals surface area contributed by atoms with Crippen molar-refractivity contribution in [3.05, 3.63) is 54.1 Å². The van der Waals surface area contributed by atoms with Crippen LogP contribution in [0.25, 0.3) is 0 Å². The highest BCUT2D eigenvalue weighted by molar-refractivity contribution is 6.18. The molecule has 33 heavy (non-hydrogen) atoms. The Morgan fingerprint density at radius 1 is 1.15 bits per heavy atom. The first kappa shape index (κ1) is 23.3. The molecule has 11 heteroatoms. The predicted octanol–water partition coefficient (Wildman–Crippen LogP) is 3.01. The number of benzene rings is 2. The number of carboxylic acids is 1. The number of hydrogen-bond donors (Lipinski definition) is 2. The van der Waals surface area contributed by atoms with Gasteiger partial charge in [0, 0.05) is 0 Å². The van der Waals surface area contributed by atoms with E-state index in [1.54, 1.807) is 37.3 Å². The largest absolute Gasteiger partial charge is 0.492 e. The maximum Gasteiger partial charge on any atom is 0.337 e. The summed E-state index contributed by atoms with van der Waals surface area (Å²) in [6.07, 6.45) is -0.630. The van der Waals surface area contributed by atoms with Crippen LogP contribution in [0.1, 0.15) is 30.6 Å². The molecule has 0 spiro atoms. The van der Waals surface area contributed by atoms with E-state index in [-0.39, 0.29) is 17.0 Å². The van der Waals surface area contributed by atoms with Crippen LogP contribution in [0.4, 0.5) is 11.4 Å². The molecule has 2 N–H and O–H groups in total. The summed E-state index contributed by atoms with van der Waals surface area (Å²) in [6.45, 7) is 3.68. The van der Waals surface area contributed by atoms with E-state index in [1.807, 2.05) is 0 Å². The highest BCUT2D eigenvalue weighted by atomic mass is 16.5. The number of anilines is 1. The number of hydrazone groups is 1. The van der Waals surface area contributed by atoms with Crippen molar-refractivity contribution in [2.45, 2.75) is 26.3 Å². The van der Waals surface area contributed by atoms with Gasteiger partial charge in [-0.2, -0.15) is 20.3 Å². The van der Waals surface area contributed by atoms with Crippen LogP contribution in [-0.2, 0) is 14.4 Å². The van der Waals surface area contributed by atoms with Crippen LogP contribution < -0.4 is 10.1 Å². The van der Waals surface area contributed by atoms with Crippen LogP contribution in [0.5, 0.6) is 5.75 Å². The molecular formula is C22H21N5O6. The van der Waals surface area contributed by atoms with Crippen molar-refractivity contribution < 1.29 is 29.0 Å². The van der Waals surface area contributed by atoms with Gasteiger partial charge in [-0.25, -0.2) is 4.79 Å². The molecule has 1 heterocycles. The van der Waals surface area contributed by atoms with Gasteiger partial charge in [0.25, 0.3) is 11.8 Å². The summed E-state index contributed by atoms with van der Waals surface area (Å²) >= 11 is 0. The fraction of sp³-hybridized carbons (Fsp3) is 0.227. The Labute approximate surface area is 188 Å². The molecule has 0 saturated heterocycles. The summed E-state index contributed by atoms with van der Waals surface area (Å²) in [4.78, 5) is 48.8. The second kappa shape index (κ2) is 10.3. The normalized spacial score (nSPS) is 15.5. The van der Waals surface area contributed by atoms with Crippen molar-refractivity contribution in [1.82, 2.24) is 5.01 Å². The topological polar surface area (TPSA) is 150 Å². The maximum absolute atomic E-state index is 12.6. The molecule has 0 aromatic heterocycles. The van der Waals surface area contributed by atoms with Gasteiger partial charge >= 0.3 is 5.97 Å². The molecule has 0 aliphatic carbocycles. The van der Waals surface area contributed by atoms with E-state index in [0.717, 1.165) is 0 Å². The van der Waals surface area contributed by atoms with Crippen LogP contribution in [-0.4, -0.2) is 52.2 Å². The van der Waals surface area contributed by atoms with Crippen LogP contribution in [0.2, 0.25) is 0 Å². The summed E-state index contributed by atoms with van der Waals surface area (Å²) < 4.78 is 5.43. The third-order valence-electron chi connectivity index (χ3n) is 4.52. The lowest BCUT2D eigenvalue weighted by Crippen LogP contribution is -2.36. The Bertz CT molecular complexity index is 1160. The molecule has 1 unspecified atom stereocenters. The summed E-state index contributed by atoms with van der Waals surface area (Å²) in [6, 6.07) is 11.5. The zero-order chi connectivity index (χ0) is 24.0. The zero-order valence-corrected chi connectivity index (χ0v) is 17.9. The Morgan fingerprint density at radius 2 is 1.85 bits per heavy atom. The number of nitrogens with one attached hydrogen (secondary N) is 1. The van der Waals surface area contributed by atoms with Crippen molar-refractivity contribution in [2.75, 3.05) is 11.9 Å². The van der Waals surface area contributed by atoms with Gasteiger partial charge in [-0.1, -0.05) is 24.3 Å². The number of carbonyl (C=O) groups is 4. The monoisotopic (exact) mass is 451 g/mol. The second-order valence-corrected chi connectivity index (χ2v) is 6.88. The number of rotatable bonds is 8. The van der Waals surface area contributed by atoms with Crippen molar-refractivity contribution in [1.29, 1.82) is 0 Å². The molecule has 0 saturated carbocycles. The van der Waals surface area contributed by atoms with E-state index >= 15 is 0 Å². The minimum atomic E-state index is -1.20. The zero-order valence-electron chi connectivity index (χ0n) is 17.9. The van der Waals surface area contributed by atoms with Gasteiger partial charge in [-0.15, -0.1) is 0 Å². The van der Waals surface area contributed by atoms with Gasteiger partial charge in [0.15, 0.2) is 6.04 Å². The highest BCUT2D eigenvalue weighted by Gasteiger charge is 2.38. The lowest BCUT2D eigenvalue weighted by atomic mass is 10.2. The van der Waals surface area contributed by atoms with Crippen molar-refractivity contribution in [3.63, 3.8) is 0 Å². The smallest absolute Gasteiger partial charge is 0.337 e. The van der Waals surface area contributed by atoms with Gasteiger partial charge in [-0.3, -0.25) is 14.4 Å². The average molecular weight is 451 g/mol. The van der Waals surface area contributed by atoms with E-state index in [9.17, 15) is 24.3 Å². The van der Waals surface area contributed by atoms with Crippen molar-refractivity contribution in [2.24, 2.45) is 15.3 Å². The van der Waals surface area contributed by atoms with E-state index in [0.29, 0.717) is 23.1 Å². The SMILES string of the molecule is CCOc1ccccc1NC(=O)CC(=O)N1N=C(C)C(/N=N/c2ccccc2C(=O)O)C1=O. The van der Waals surface area contributed by atoms with Crippen LogP contribution in [0.15, 0.2) is 63.9 Å². The molecule has 1 atom stereocenters. The van der Waals surface area contributed by atoms with E-state index in [1.165, 1.54) is 25.1 Å². The Morgan fingerprint density at radius 3 is 2.58 bits per heavy atom. The molecular weight excluding hydrogens is 430 g/mol. The van der Waals surface area contributed by atoms with Crippen LogP contribution in [0.3, 0.4) is 0 Å². The van der Waals surface area contributed by atoms with Gasteiger partial charge in [0.1, 0.15) is 12.2 Å². The molecule has 3 rings (SSSR count). The van der Waals surface area contributed by atoms with Gasteiger partial charge < -0.3 is 15.2 Å². The molecule has 0 fully saturated rings. The van der Waals surface area contributed by atoms with E-state index in [2.05, 4.69) is 20.6 Å². The van der Waals surface area contributed by atoms with Crippen LogP contribution >= 0.6 is 0 Å². The minimum absolute atomic E-state index is 0.0581. The maximum atomic E-state index is 12.6. The van der Waals surface area contributed by atoms with Crippen molar-refractivity contribution in [3.8, 4) is 5.75 Å². The first-order valence-electron chi connectivity index (χ1n) is 9.98. The number of para-hydroxylation sites is 2. The van der Waals surface area contributed by atoms with E-state index < -0.39 is 36.2 Å². The summed E-state index contributed by atoms with van der Waals surface area (Å²) in [7, 11) is 0. The fourth-order valence-electron chi connectivity index (χ4n) is 2.99. The number of imide groups is 1. The summed E-state index contributed by atoms with van der Waals surface area (Å²) in [5.74, 6) is -3.00. The molecule has 11 nitrogen and oxygen atoms in total. The third-order valence-corrected chi connectivity index (χ3v) is 4.52. The Hall–Kier alpha value is -4.41. The minimum Gasteiger partial charge on any atom is -0.492 e. The molecule has 0 bridgehead atoms. The van der Waals surface area contributed by atoms with Crippen molar-refractivity contribution >= 4 is 40.8 Å². The highest BCUT2D eigenvalue weighted by Crippen LogP contribution is 2.24. The molecule has 0 radical (unpaired) electrons. The quantitative estimate of drug-likeness (QED) is 0.465. The number of hydrogen-bond acceptors (Lipinski definition) is 8. The molecule has 170 valence electrons. The predicted molar refractivity (Wildman–Crippen MR) is 118 cm³/mol. The number of nitrogens with zero attached hydrogens (tertiary/aromatic N) is 4. The number of azo groups is 1. The summed E-state index contributed by atoms with van der Waals surface area (Å²) in [5, 5.41) is 24.0. The molecule has 2 aromatic carbocycles. The fourth-order valence-corrected chi connectivity index (χ4v) is 2.99. The summed E-state index contributed by atoms with van der Waals surface area (Å²) in [5.41, 5.74) is 0.557. The lowest BCUT2D eigenvalue weighted by molar-refractivity contribution is -0.144. The van der Waals surface area contributed by atoms with Crippen LogP contribution in [0, 0.1) is 0 Å². The first-order valence-corrected chi connectivity index (χ1v) is 9.98. The second-order valence-electron chi connectivity index (χ2n) is 6.88.